The molecule has 0 unspecified atom stereocenters. The van der Waals surface area contributed by atoms with E-state index in [-0.39, 0.29) is 18.5 Å². The highest BCUT2D eigenvalue weighted by molar-refractivity contribution is 6.30. The van der Waals surface area contributed by atoms with E-state index in [0.29, 0.717) is 17.1 Å². The second-order valence-electron chi connectivity index (χ2n) is 6.57. The van der Waals surface area contributed by atoms with E-state index < -0.39 is 0 Å². The first-order chi connectivity index (χ1) is 10.7. The molecule has 0 bridgehead atoms. The van der Waals surface area contributed by atoms with Crippen molar-refractivity contribution in [2.75, 3.05) is 0 Å². The summed E-state index contributed by atoms with van der Waals surface area (Å²) in [4.78, 5) is 12.1. The molecular weight excluding hydrogens is 300 g/mol. The Morgan fingerprint density at radius 3 is 2.50 bits per heavy atom. The monoisotopic (exact) mass is 324 g/mol. The van der Waals surface area contributed by atoms with Gasteiger partial charge >= 0.3 is 0 Å². The number of nitrogens with zero attached hydrogens (tertiary/aromatic N) is 2. The molecule has 0 aliphatic heterocycles. The molecule has 0 radical (unpaired) electrons. The molecule has 2 fully saturated rings. The predicted octanol–water partition coefficient (Wildman–Crippen LogP) is 2.50. The van der Waals surface area contributed by atoms with Crippen LogP contribution in [0.3, 0.4) is 0 Å². The fourth-order valence-corrected chi connectivity index (χ4v) is 3.60. The minimum atomic E-state index is 0.0112. The molecular formula is C16H25ClN4O. The molecule has 1 aromatic heterocycles. The van der Waals surface area contributed by atoms with Gasteiger partial charge in [0.25, 0.3) is 0 Å². The number of carbonyl (C=O) groups is 1. The topological polar surface area (TPSA) is 59.0 Å². The molecule has 5 nitrogen and oxygen atoms in total. The van der Waals surface area contributed by atoms with E-state index in [1.165, 1.54) is 38.5 Å². The summed E-state index contributed by atoms with van der Waals surface area (Å²) in [5.74, 6) is 0.0112. The lowest BCUT2D eigenvalue weighted by atomic mass is 9.85. The average molecular weight is 325 g/mol. The number of rotatable bonds is 5. The van der Waals surface area contributed by atoms with Crippen molar-refractivity contribution in [1.82, 2.24) is 20.4 Å². The summed E-state index contributed by atoms with van der Waals surface area (Å²) in [7, 11) is 0. The highest BCUT2D eigenvalue weighted by Gasteiger charge is 2.33. The van der Waals surface area contributed by atoms with Crippen molar-refractivity contribution >= 4 is 17.5 Å². The number of carbonyl (C=O) groups excluding carboxylic acids is 1. The maximum atomic E-state index is 12.1. The van der Waals surface area contributed by atoms with Gasteiger partial charge in [0, 0.05) is 24.3 Å². The maximum absolute atomic E-state index is 12.1. The van der Waals surface area contributed by atoms with Gasteiger partial charge in [0.05, 0.1) is 11.2 Å². The van der Waals surface area contributed by atoms with Crippen molar-refractivity contribution in [2.24, 2.45) is 0 Å². The van der Waals surface area contributed by atoms with Gasteiger partial charge in [0.15, 0.2) is 0 Å². The van der Waals surface area contributed by atoms with Gasteiger partial charge in [0.1, 0.15) is 6.54 Å². The van der Waals surface area contributed by atoms with Gasteiger partial charge in [-0.15, -0.1) is 0 Å². The maximum Gasteiger partial charge on any atom is 0.242 e. The van der Waals surface area contributed by atoms with Crippen molar-refractivity contribution in [3.05, 3.63) is 17.4 Å². The molecule has 2 aliphatic carbocycles. The summed E-state index contributed by atoms with van der Waals surface area (Å²) in [6, 6.07) is 1.34. The summed E-state index contributed by atoms with van der Waals surface area (Å²) in [5.41, 5.74) is 0. The smallest absolute Gasteiger partial charge is 0.242 e. The van der Waals surface area contributed by atoms with Crippen molar-refractivity contribution in [2.45, 2.75) is 76.0 Å². The van der Waals surface area contributed by atoms with Gasteiger partial charge in [-0.1, -0.05) is 37.3 Å². The van der Waals surface area contributed by atoms with Gasteiger partial charge < -0.3 is 10.6 Å². The van der Waals surface area contributed by atoms with E-state index in [9.17, 15) is 4.79 Å². The third-order valence-electron chi connectivity index (χ3n) is 4.83. The standard InChI is InChI=1S/C16H25ClN4O/c17-12-9-18-21(10-12)11-16(22)20-15-8-7-14(15)19-13-5-3-1-2-4-6-13/h9-10,13-15,19H,1-8,11H2,(H,20,22)/t14-,15+/m0/s1. The van der Waals surface area contributed by atoms with Crippen LogP contribution in [0.5, 0.6) is 0 Å². The Morgan fingerprint density at radius 2 is 1.91 bits per heavy atom. The molecule has 1 amide bonds. The minimum Gasteiger partial charge on any atom is -0.350 e. The molecule has 0 aromatic carbocycles. The van der Waals surface area contributed by atoms with Gasteiger partial charge in [-0.2, -0.15) is 5.10 Å². The van der Waals surface area contributed by atoms with Crippen molar-refractivity contribution in [3.63, 3.8) is 0 Å². The van der Waals surface area contributed by atoms with E-state index in [4.69, 9.17) is 11.6 Å². The Labute approximate surface area is 136 Å². The number of hydrogen-bond donors (Lipinski definition) is 2. The van der Waals surface area contributed by atoms with Gasteiger partial charge in [-0.05, 0) is 25.7 Å². The summed E-state index contributed by atoms with van der Waals surface area (Å²) in [6.07, 6.45) is 13.4. The number of aromatic nitrogens is 2. The molecule has 22 heavy (non-hydrogen) atoms. The van der Waals surface area contributed by atoms with E-state index in [1.54, 1.807) is 17.1 Å². The van der Waals surface area contributed by atoms with Crippen LogP contribution in [0.15, 0.2) is 12.4 Å². The third-order valence-corrected chi connectivity index (χ3v) is 5.03. The van der Waals surface area contributed by atoms with Gasteiger partial charge in [0.2, 0.25) is 5.91 Å². The first-order valence-corrected chi connectivity index (χ1v) is 8.82. The van der Waals surface area contributed by atoms with Crippen LogP contribution in [0.2, 0.25) is 5.02 Å². The Morgan fingerprint density at radius 1 is 1.18 bits per heavy atom. The van der Waals surface area contributed by atoms with E-state index in [0.717, 1.165) is 12.8 Å². The quantitative estimate of drug-likeness (QED) is 0.818. The zero-order valence-electron chi connectivity index (χ0n) is 12.9. The van der Waals surface area contributed by atoms with Crippen molar-refractivity contribution in [1.29, 1.82) is 0 Å². The molecule has 6 heteroatoms. The lowest BCUT2D eigenvalue weighted by Gasteiger charge is -2.40. The van der Waals surface area contributed by atoms with Crippen LogP contribution in [0.25, 0.3) is 0 Å². The summed E-state index contributed by atoms with van der Waals surface area (Å²) in [5, 5.41) is 11.5. The normalized spacial score (nSPS) is 26.2. The van der Waals surface area contributed by atoms with Gasteiger partial charge in [-0.25, -0.2) is 0 Å². The first-order valence-electron chi connectivity index (χ1n) is 8.44. The largest absolute Gasteiger partial charge is 0.350 e. The fourth-order valence-electron chi connectivity index (χ4n) is 3.45. The van der Waals surface area contributed by atoms with Crippen LogP contribution in [-0.2, 0) is 11.3 Å². The van der Waals surface area contributed by atoms with Crippen molar-refractivity contribution in [3.8, 4) is 0 Å². The van der Waals surface area contributed by atoms with E-state index >= 15 is 0 Å². The van der Waals surface area contributed by atoms with E-state index in [1.807, 2.05) is 0 Å². The van der Waals surface area contributed by atoms with Crippen molar-refractivity contribution < 1.29 is 4.79 Å². The number of halogens is 1. The second-order valence-corrected chi connectivity index (χ2v) is 7.01. The lowest BCUT2D eigenvalue weighted by molar-refractivity contribution is -0.123. The zero-order valence-corrected chi connectivity index (χ0v) is 13.7. The van der Waals surface area contributed by atoms with Gasteiger partial charge in [-0.3, -0.25) is 9.48 Å². The Hall–Kier alpha value is -1.07. The molecule has 122 valence electrons. The fraction of sp³-hybridized carbons (Fsp3) is 0.750. The minimum absolute atomic E-state index is 0.0112. The van der Waals surface area contributed by atoms with Crippen LogP contribution in [-0.4, -0.2) is 33.8 Å². The summed E-state index contributed by atoms with van der Waals surface area (Å²) in [6.45, 7) is 0.235. The molecule has 2 atom stereocenters. The molecule has 1 heterocycles. The predicted molar refractivity (Wildman–Crippen MR) is 86.8 cm³/mol. The molecule has 2 saturated carbocycles. The second kappa shape index (κ2) is 7.47. The molecule has 2 aliphatic rings. The number of nitrogens with one attached hydrogen (secondary N) is 2. The lowest BCUT2D eigenvalue weighted by Crippen LogP contribution is -2.59. The zero-order chi connectivity index (χ0) is 15.4. The number of hydrogen-bond acceptors (Lipinski definition) is 3. The Kier molecular flexibility index (Phi) is 5.37. The SMILES string of the molecule is O=C(Cn1cc(Cl)cn1)N[C@@H]1CC[C@@H]1NC1CCCCCC1. The van der Waals surface area contributed by atoms with Crippen LogP contribution >= 0.6 is 11.6 Å². The summed E-state index contributed by atoms with van der Waals surface area (Å²) < 4.78 is 1.57. The summed E-state index contributed by atoms with van der Waals surface area (Å²) >= 11 is 5.81. The van der Waals surface area contributed by atoms with Crippen LogP contribution in [0.4, 0.5) is 0 Å². The van der Waals surface area contributed by atoms with Crippen LogP contribution in [0.1, 0.15) is 51.4 Å². The Balaban J connectivity index is 1.43. The highest BCUT2D eigenvalue weighted by Crippen LogP contribution is 2.24. The molecule has 0 spiro atoms. The van der Waals surface area contributed by atoms with Crippen LogP contribution < -0.4 is 10.6 Å². The molecule has 1 aromatic rings. The Bertz CT molecular complexity index is 496. The number of amides is 1. The van der Waals surface area contributed by atoms with E-state index in [2.05, 4.69) is 15.7 Å². The third kappa shape index (κ3) is 4.23. The first kappa shape index (κ1) is 15.8. The molecule has 2 N–H and O–H groups in total. The molecule has 3 rings (SSSR count). The molecule has 0 saturated heterocycles. The van der Waals surface area contributed by atoms with Crippen LogP contribution in [0, 0.1) is 0 Å². The average Bonchev–Trinajstić information content (AvgIpc) is 2.74. The highest BCUT2D eigenvalue weighted by atomic mass is 35.5.